The first-order valence-corrected chi connectivity index (χ1v) is 9.52. The summed E-state index contributed by atoms with van der Waals surface area (Å²) >= 11 is 1.26. The maximum atomic E-state index is 15.2. The number of methoxy groups -OCH3 is 1. The molecule has 6 nitrogen and oxygen atoms in total. The van der Waals surface area contributed by atoms with Crippen molar-refractivity contribution < 1.29 is 17.9 Å². The Morgan fingerprint density at radius 3 is 2.70 bits per heavy atom. The summed E-state index contributed by atoms with van der Waals surface area (Å²) in [5.74, 6) is -5.68. The number of benzene rings is 1. The number of ether oxygens (including phenoxy) is 1. The molecule has 3 heterocycles. The number of thiazole rings is 1. The summed E-state index contributed by atoms with van der Waals surface area (Å²) in [5.41, 5.74) is 1.23. The molecule has 152 valence electrons. The van der Waals surface area contributed by atoms with E-state index in [1.54, 1.807) is 11.4 Å². The van der Waals surface area contributed by atoms with Crippen LogP contribution in [-0.2, 0) is 5.92 Å². The number of alkyl halides is 2. The highest BCUT2D eigenvalue weighted by Gasteiger charge is 2.39. The fourth-order valence-corrected chi connectivity index (χ4v) is 3.50. The van der Waals surface area contributed by atoms with Gasteiger partial charge in [0.25, 0.3) is 0 Å². The van der Waals surface area contributed by atoms with Gasteiger partial charge in [0.05, 0.1) is 30.0 Å². The third kappa shape index (κ3) is 3.35. The third-order valence-corrected chi connectivity index (χ3v) is 5.12. The minimum atomic E-state index is -3.80. The Balaban J connectivity index is 1.81. The molecule has 0 atom stereocenters. The Morgan fingerprint density at radius 1 is 1.20 bits per heavy atom. The lowest BCUT2D eigenvalue weighted by Crippen LogP contribution is -2.39. The Kier molecular flexibility index (Phi) is 4.86. The molecular formula is C20H14F3N5OS. The number of nitrogens with one attached hydrogen (secondary N) is 2. The number of rotatable bonds is 4. The quantitative estimate of drug-likeness (QED) is 0.372. The summed E-state index contributed by atoms with van der Waals surface area (Å²) in [5, 5.41) is 17.9. The molecule has 0 fully saturated rings. The van der Waals surface area contributed by atoms with Gasteiger partial charge in [0.15, 0.2) is 17.1 Å². The van der Waals surface area contributed by atoms with Gasteiger partial charge < -0.3 is 4.74 Å². The van der Waals surface area contributed by atoms with E-state index < -0.39 is 28.6 Å². The molecule has 4 rings (SSSR count). The van der Waals surface area contributed by atoms with E-state index in [2.05, 4.69) is 9.97 Å². The molecule has 0 unspecified atom stereocenters. The van der Waals surface area contributed by atoms with Gasteiger partial charge >= 0.3 is 5.92 Å². The van der Waals surface area contributed by atoms with Crippen molar-refractivity contribution in [2.75, 3.05) is 7.11 Å². The van der Waals surface area contributed by atoms with Crippen molar-refractivity contribution in [3.63, 3.8) is 0 Å². The Morgan fingerprint density at radius 2 is 2.00 bits per heavy atom. The topological polar surface area (TPSA) is 87.6 Å². The zero-order valence-corrected chi connectivity index (χ0v) is 16.3. The van der Waals surface area contributed by atoms with E-state index in [1.165, 1.54) is 42.3 Å². The number of fused-ring (bicyclic) bond motifs is 1. The summed E-state index contributed by atoms with van der Waals surface area (Å²) in [6.45, 7) is 0. The van der Waals surface area contributed by atoms with E-state index in [4.69, 9.17) is 15.6 Å². The van der Waals surface area contributed by atoms with Gasteiger partial charge in [-0.3, -0.25) is 20.4 Å². The SMILES string of the molecule is COc1cnc2ccc(C(F)(F)C(=N)n3cc(-c4cscn4)cc(F)c3=N)cc2c1. The first-order chi connectivity index (χ1) is 14.3. The Labute approximate surface area is 172 Å². The second kappa shape index (κ2) is 7.38. The summed E-state index contributed by atoms with van der Waals surface area (Å²) in [6.07, 6.45) is 2.58. The molecule has 2 N–H and O–H groups in total. The van der Waals surface area contributed by atoms with Crippen molar-refractivity contribution in [1.82, 2.24) is 14.5 Å². The average Bonchev–Trinajstić information content (AvgIpc) is 3.29. The highest BCUT2D eigenvalue weighted by Crippen LogP contribution is 2.32. The van der Waals surface area contributed by atoms with E-state index in [0.29, 0.717) is 26.9 Å². The van der Waals surface area contributed by atoms with Gasteiger partial charge in [0.1, 0.15) is 5.75 Å². The second-order valence-electron chi connectivity index (χ2n) is 6.37. The van der Waals surface area contributed by atoms with Crippen molar-refractivity contribution in [1.29, 1.82) is 10.8 Å². The van der Waals surface area contributed by atoms with E-state index in [-0.39, 0.29) is 5.56 Å². The molecule has 0 aliphatic carbocycles. The maximum Gasteiger partial charge on any atom is 0.329 e. The van der Waals surface area contributed by atoms with Gasteiger partial charge in [-0.2, -0.15) is 8.78 Å². The molecule has 3 aromatic heterocycles. The lowest BCUT2D eigenvalue weighted by Gasteiger charge is -2.21. The number of pyridine rings is 2. The van der Waals surface area contributed by atoms with Crippen LogP contribution < -0.4 is 10.2 Å². The maximum absolute atomic E-state index is 15.2. The molecule has 30 heavy (non-hydrogen) atoms. The van der Waals surface area contributed by atoms with Crippen LogP contribution >= 0.6 is 11.3 Å². The van der Waals surface area contributed by atoms with Gasteiger partial charge in [-0.15, -0.1) is 11.3 Å². The van der Waals surface area contributed by atoms with Crippen LogP contribution in [0, 0.1) is 16.6 Å². The smallest absolute Gasteiger partial charge is 0.329 e. The lowest BCUT2D eigenvalue weighted by atomic mass is 10.0. The molecule has 0 aliphatic heterocycles. The van der Waals surface area contributed by atoms with E-state index in [9.17, 15) is 4.39 Å². The number of hydrogen-bond donors (Lipinski definition) is 2. The van der Waals surface area contributed by atoms with Crippen LogP contribution in [-0.4, -0.2) is 27.5 Å². The fraction of sp³-hybridized carbons (Fsp3) is 0.100. The van der Waals surface area contributed by atoms with Crippen molar-refractivity contribution in [3.8, 4) is 17.0 Å². The van der Waals surface area contributed by atoms with Crippen LogP contribution in [0.25, 0.3) is 22.2 Å². The van der Waals surface area contributed by atoms with Crippen LogP contribution in [0.2, 0.25) is 0 Å². The Hall–Kier alpha value is -3.53. The molecule has 0 saturated carbocycles. The number of nitrogens with zero attached hydrogens (tertiary/aromatic N) is 3. The highest BCUT2D eigenvalue weighted by atomic mass is 32.1. The number of hydrogen-bond acceptors (Lipinski definition) is 6. The van der Waals surface area contributed by atoms with Gasteiger partial charge in [-0.1, -0.05) is 6.07 Å². The summed E-state index contributed by atoms with van der Waals surface area (Å²) in [6, 6.07) is 6.35. The van der Waals surface area contributed by atoms with Crippen LogP contribution in [0.15, 0.2) is 53.6 Å². The van der Waals surface area contributed by atoms with Crippen LogP contribution in [0.4, 0.5) is 13.2 Å². The van der Waals surface area contributed by atoms with E-state index >= 15 is 8.78 Å². The van der Waals surface area contributed by atoms with Gasteiger partial charge in [0, 0.05) is 28.1 Å². The molecule has 0 spiro atoms. The highest BCUT2D eigenvalue weighted by molar-refractivity contribution is 7.07. The predicted molar refractivity (Wildman–Crippen MR) is 107 cm³/mol. The molecule has 0 radical (unpaired) electrons. The minimum Gasteiger partial charge on any atom is -0.495 e. The van der Waals surface area contributed by atoms with Crippen molar-refractivity contribution in [2.24, 2.45) is 0 Å². The lowest BCUT2D eigenvalue weighted by molar-refractivity contribution is 0.0706. The molecular weight excluding hydrogens is 415 g/mol. The average molecular weight is 429 g/mol. The van der Waals surface area contributed by atoms with Crippen LogP contribution in [0.1, 0.15) is 5.56 Å². The monoisotopic (exact) mass is 429 g/mol. The zero-order chi connectivity index (χ0) is 21.5. The number of aromatic nitrogens is 3. The van der Waals surface area contributed by atoms with E-state index in [0.717, 1.165) is 18.3 Å². The minimum absolute atomic E-state index is 0.192. The first-order valence-electron chi connectivity index (χ1n) is 8.58. The van der Waals surface area contributed by atoms with Crippen LogP contribution in [0.3, 0.4) is 0 Å². The van der Waals surface area contributed by atoms with E-state index in [1.807, 2.05) is 0 Å². The van der Waals surface area contributed by atoms with Crippen molar-refractivity contribution >= 4 is 28.1 Å². The summed E-state index contributed by atoms with van der Waals surface area (Å²) < 4.78 is 50.3. The summed E-state index contributed by atoms with van der Waals surface area (Å²) in [4.78, 5) is 8.16. The van der Waals surface area contributed by atoms with Gasteiger partial charge in [-0.25, -0.2) is 9.37 Å². The predicted octanol–water partition coefficient (Wildman–Crippen LogP) is 4.40. The molecule has 0 bridgehead atoms. The van der Waals surface area contributed by atoms with Crippen molar-refractivity contribution in [2.45, 2.75) is 5.92 Å². The fourth-order valence-electron chi connectivity index (χ4n) is 2.94. The zero-order valence-electron chi connectivity index (χ0n) is 15.5. The molecule has 10 heteroatoms. The first kappa shape index (κ1) is 19.8. The van der Waals surface area contributed by atoms with Gasteiger partial charge in [-0.05, 0) is 24.3 Å². The van der Waals surface area contributed by atoms with Crippen molar-refractivity contribution in [3.05, 3.63) is 70.5 Å². The molecule has 4 aromatic rings. The number of halogens is 3. The summed E-state index contributed by atoms with van der Waals surface area (Å²) in [7, 11) is 1.44. The molecule has 0 aliphatic rings. The second-order valence-corrected chi connectivity index (χ2v) is 7.09. The Bertz CT molecular complexity index is 1320. The van der Waals surface area contributed by atoms with Crippen LogP contribution in [0.5, 0.6) is 5.75 Å². The standard InChI is InChI=1S/C20H14F3N5OS/c1-29-14-5-11-4-13(2-3-16(11)26-7-14)20(22,23)19(25)28-8-12(6-15(21)18(28)24)17-9-30-10-27-17/h2-10,24-25H,1H3. The molecule has 0 amide bonds. The van der Waals surface area contributed by atoms with Gasteiger partial charge in [0.2, 0.25) is 0 Å². The molecule has 0 saturated heterocycles. The third-order valence-electron chi connectivity index (χ3n) is 4.54. The largest absolute Gasteiger partial charge is 0.495 e. The molecule has 1 aromatic carbocycles. The normalized spacial score (nSPS) is 11.6.